The monoisotopic (exact) mass is 306 g/mol. The molecule has 12 heteroatoms. The van der Waals surface area contributed by atoms with Gasteiger partial charge in [-0.2, -0.15) is 0 Å². The standard InChI is InChI=1S/C4H12O6P2.4Na/c1-2-3-4(11(5,6)7)12(8,9)10;;;;/h4H,2-3H2,1H3,(H2,5,6,7)(H2,8,9,10);;;;/q;4*+1/p-4. The van der Waals surface area contributed by atoms with Crippen molar-refractivity contribution in [2.45, 2.75) is 25.2 Å². The summed E-state index contributed by atoms with van der Waals surface area (Å²) in [6.07, 6.45) is -0.262. The van der Waals surface area contributed by atoms with E-state index in [9.17, 15) is 28.7 Å². The van der Waals surface area contributed by atoms with Gasteiger partial charge in [-0.25, -0.2) is 0 Å². The molecule has 0 heterocycles. The van der Waals surface area contributed by atoms with Gasteiger partial charge in [-0.1, -0.05) is 28.5 Å². The van der Waals surface area contributed by atoms with Gasteiger partial charge in [0.2, 0.25) is 0 Å². The van der Waals surface area contributed by atoms with Gasteiger partial charge in [-0.3, -0.25) is 0 Å². The van der Waals surface area contributed by atoms with Crippen LogP contribution in [0, 0.1) is 0 Å². The maximum atomic E-state index is 10.3. The Bertz CT molecular complexity index is 217. The molecule has 0 spiro atoms. The Labute approximate surface area is 184 Å². The second-order valence-corrected chi connectivity index (χ2v) is 6.16. The van der Waals surface area contributed by atoms with Crippen LogP contribution >= 0.6 is 15.2 Å². The van der Waals surface area contributed by atoms with E-state index < -0.39 is 27.0 Å². The summed E-state index contributed by atoms with van der Waals surface area (Å²) in [5, 5.41) is -2.28. The van der Waals surface area contributed by atoms with Crippen LogP contribution in [0.2, 0.25) is 0 Å². The predicted octanol–water partition coefficient (Wildman–Crippen LogP) is -14.0. The molecule has 0 saturated heterocycles. The normalized spacial score (nSPS) is 10.4. The third-order valence-electron chi connectivity index (χ3n) is 1.28. The predicted molar refractivity (Wildman–Crippen MR) is 33.9 cm³/mol. The van der Waals surface area contributed by atoms with Crippen molar-refractivity contribution < 1.29 is 147 Å². The van der Waals surface area contributed by atoms with Gasteiger partial charge >= 0.3 is 118 Å². The largest absolute Gasteiger partial charge is 1.00 e. The Morgan fingerprint density at radius 2 is 1.12 bits per heavy atom. The quantitative estimate of drug-likeness (QED) is 0.375. The second-order valence-electron chi connectivity index (χ2n) is 2.35. The second kappa shape index (κ2) is 14.2. The first kappa shape index (κ1) is 32.3. The minimum atomic E-state index is -5.30. The Kier molecular flexibility index (Phi) is 28.8. The molecule has 0 aromatic rings. The van der Waals surface area contributed by atoms with Crippen LogP contribution in [0.15, 0.2) is 0 Å². The molecule has 0 atom stereocenters. The van der Waals surface area contributed by atoms with Gasteiger partial charge < -0.3 is 28.7 Å². The molecule has 16 heavy (non-hydrogen) atoms. The summed E-state index contributed by atoms with van der Waals surface area (Å²) in [4.78, 5) is 41.1. The summed E-state index contributed by atoms with van der Waals surface area (Å²) in [6, 6.07) is 0. The fourth-order valence-electron chi connectivity index (χ4n) is 0.748. The maximum absolute atomic E-state index is 10.3. The van der Waals surface area contributed by atoms with Crippen molar-refractivity contribution in [3.8, 4) is 0 Å². The molecule has 0 amide bonds. The zero-order chi connectivity index (χ0) is 9.99. The van der Waals surface area contributed by atoms with E-state index in [1.54, 1.807) is 0 Å². The summed E-state index contributed by atoms with van der Waals surface area (Å²) in [7, 11) is -10.6. The average Bonchev–Trinajstić information content (AvgIpc) is 1.77. The van der Waals surface area contributed by atoms with Gasteiger partial charge in [0.05, 0.1) is 0 Å². The Hall–Kier alpha value is 4.30. The average molecular weight is 306 g/mol. The van der Waals surface area contributed by atoms with Crippen LogP contribution < -0.4 is 138 Å². The summed E-state index contributed by atoms with van der Waals surface area (Å²) in [5.41, 5.74) is 0. The van der Waals surface area contributed by atoms with Gasteiger partial charge in [0.25, 0.3) is 0 Å². The number of rotatable bonds is 4. The Balaban J connectivity index is -0.000000101. The topological polar surface area (TPSA) is 126 Å². The van der Waals surface area contributed by atoms with E-state index >= 15 is 0 Å². The molecule has 0 bridgehead atoms. The van der Waals surface area contributed by atoms with Crippen molar-refractivity contribution in [2.24, 2.45) is 0 Å². The van der Waals surface area contributed by atoms with E-state index in [-0.39, 0.29) is 125 Å². The van der Waals surface area contributed by atoms with Crippen molar-refractivity contribution in [3.05, 3.63) is 0 Å². The van der Waals surface area contributed by atoms with Crippen LogP contribution in [0.25, 0.3) is 0 Å². The minimum absolute atomic E-state index is 0. The first-order chi connectivity index (χ1) is 5.19. The SMILES string of the molecule is CCCC(P(=O)([O-])[O-])P(=O)([O-])[O-].[Na+].[Na+].[Na+].[Na+]. The molecule has 0 radical (unpaired) electrons. The zero-order valence-corrected chi connectivity index (χ0v) is 20.1. The molecule has 0 N–H and O–H groups in total. The molecule has 0 aliphatic rings. The van der Waals surface area contributed by atoms with E-state index in [4.69, 9.17) is 0 Å². The Morgan fingerprint density at radius 1 is 0.875 bits per heavy atom. The summed E-state index contributed by atoms with van der Waals surface area (Å²) >= 11 is 0. The van der Waals surface area contributed by atoms with Crippen molar-refractivity contribution in [1.29, 1.82) is 0 Å². The van der Waals surface area contributed by atoms with Crippen molar-refractivity contribution in [2.75, 3.05) is 0 Å². The van der Waals surface area contributed by atoms with Crippen molar-refractivity contribution >= 4 is 15.2 Å². The van der Waals surface area contributed by atoms with Crippen LogP contribution in [0.4, 0.5) is 0 Å². The third-order valence-corrected chi connectivity index (χ3v) is 4.95. The minimum Gasteiger partial charge on any atom is -0.810 e. The van der Waals surface area contributed by atoms with E-state index in [0.717, 1.165) is 0 Å². The van der Waals surface area contributed by atoms with Gasteiger partial charge in [0.15, 0.2) is 0 Å². The number of hydrogen-bond acceptors (Lipinski definition) is 6. The molecule has 0 rings (SSSR count). The third kappa shape index (κ3) is 14.7. The van der Waals surface area contributed by atoms with Gasteiger partial charge in [-0.15, -0.1) is 0 Å². The van der Waals surface area contributed by atoms with Crippen molar-refractivity contribution in [3.63, 3.8) is 0 Å². The summed E-state index contributed by atoms with van der Waals surface area (Å²) in [5.74, 6) is 0. The molecule has 0 aromatic heterocycles. The molecule has 0 unspecified atom stereocenters. The fraction of sp³-hybridized carbons (Fsp3) is 1.00. The maximum Gasteiger partial charge on any atom is 1.00 e. The molecule has 0 saturated carbocycles. The van der Waals surface area contributed by atoms with E-state index in [1.165, 1.54) is 6.92 Å². The molecule has 6 nitrogen and oxygen atoms in total. The molecular formula is C4H8Na4O6P2. The Morgan fingerprint density at radius 3 is 1.19 bits per heavy atom. The van der Waals surface area contributed by atoms with Crippen LogP contribution in [0.5, 0.6) is 0 Å². The first-order valence-electron chi connectivity index (χ1n) is 3.23. The fourth-order valence-corrected chi connectivity index (χ4v) is 3.28. The van der Waals surface area contributed by atoms with Crippen LogP contribution in [-0.4, -0.2) is 5.40 Å². The zero-order valence-electron chi connectivity index (χ0n) is 10.3. The molecule has 0 fully saturated rings. The van der Waals surface area contributed by atoms with E-state index in [1.807, 2.05) is 0 Å². The van der Waals surface area contributed by atoms with Crippen LogP contribution in [-0.2, 0) is 9.13 Å². The van der Waals surface area contributed by atoms with Gasteiger partial charge in [0.1, 0.15) is 0 Å². The number of hydrogen-bond donors (Lipinski definition) is 0. The van der Waals surface area contributed by atoms with E-state index in [2.05, 4.69) is 0 Å². The van der Waals surface area contributed by atoms with Crippen molar-refractivity contribution in [1.82, 2.24) is 0 Å². The van der Waals surface area contributed by atoms with Gasteiger partial charge in [0, 0.05) is 5.40 Å². The smallest absolute Gasteiger partial charge is 0.810 e. The summed E-state index contributed by atoms with van der Waals surface area (Å²) in [6.45, 7) is 1.48. The summed E-state index contributed by atoms with van der Waals surface area (Å²) < 4.78 is 20.5. The molecule has 0 aliphatic carbocycles. The molecular weight excluding hydrogens is 298 g/mol. The molecule has 0 aliphatic heterocycles. The van der Waals surface area contributed by atoms with Gasteiger partial charge in [-0.05, 0) is 6.42 Å². The molecule has 0 aromatic carbocycles. The van der Waals surface area contributed by atoms with E-state index in [0.29, 0.717) is 0 Å². The van der Waals surface area contributed by atoms with Crippen LogP contribution in [0.3, 0.4) is 0 Å². The first-order valence-corrected chi connectivity index (χ1v) is 6.45. The molecule has 74 valence electrons. The van der Waals surface area contributed by atoms with Crippen LogP contribution in [0.1, 0.15) is 19.8 Å².